The lowest BCUT2D eigenvalue weighted by Crippen LogP contribution is -1.91. The number of benzene rings is 5. The van der Waals surface area contributed by atoms with Crippen LogP contribution in [0.4, 0.5) is 0 Å². The van der Waals surface area contributed by atoms with Crippen molar-refractivity contribution < 1.29 is 0 Å². The van der Waals surface area contributed by atoms with Crippen LogP contribution in [-0.4, -0.2) is 4.98 Å². The van der Waals surface area contributed by atoms with E-state index in [1.807, 2.05) is 0 Å². The zero-order valence-corrected chi connectivity index (χ0v) is 17.0. The molecule has 0 aliphatic heterocycles. The van der Waals surface area contributed by atoms with Crippen molar-refractivity contribution in [3.63, 3.8) is 0 Å². The molecular weight excluding hydrogens is 374 g/mol. The summed E-state index contributed by atoms with van der Waals surface area (Å²) in [6.45, 7) is 0. The topological polar surface area (TPSA) is 15.8 Å². The Bertz CT molecular complexity index is 1490. The Balaban J connectivity index is 1.83. The van der Waals surface area contributed by atoms with E-state index >= 15 is 0 Å². The van der Waals surface area contributed by atoms with Gasteiger partial charge < -0.3 is 4.98 Å². The molecule has 1 heterocycles. The molecule has 0 radical (unpaired) electrons. The maximum atomic E-state index is 3.77. The van der Waals surface area contributed by atoms with Gasteiger partial charge in [-0.1, -0.05) is 109 Å². The van der Waals surface area contributed by atoms with Gasteiger partial charge in [-0.3, -0.25) is 0 Å². The van der Waals surface area contributed by atoms with Crippen LogP contribution in [0.5, 0.6) is 0 Å². The summed E-state index contributed by atoms with van der Waals surface area (Å²) in [5.41, 5.74) is 9.77. The van der Waals surface area contributed by atoms with E-state index < -0.39 is 0 Å². The lowest BCUT2D eigenvalue weighted by atomic mass is 9.87. The second-order valence-electron chi connectivity index (χ2n) is 7.87. The van der Waals surface area contributed by atoms with Crippen LogP contribution in [0.1, 0.15) is 0 Å². The van der Waals surface area contributed by atoms with Crippen LogP contribution in [0.15, 0.2) is 121 Å². The van der Waals surface area contributed by atoms with E-state index in [1.165, 1.54) is 49.7 Å². The third-order valence-corrected chi connectivity index (χ3v) is 6.02. The molecule has 31 heavy (non-hydrogen) atoms. The fourth-order valence-corrected chi connectivity index (χ4v) is 4.63. The summed E-state index contributed by atoms with van der Waals surface area (Å²) in [5.74, 6) is 0. The smallest absolute Gasteiger partial charge is 0.0557 e. The first kappa shape index (κ1) is 17.7. The lowest BCUT2D eigenvalue weighted by Gasteiger charge is -2.16. The third-order valence-electron chi connectivity index (χ3n) is 6.02. The van der Waals surface area contributed by atoms with Crippen molar-refractivity contribution >= 4 is 21.8 Å². The van der Waals surface area contributed by atoms with Crippen LogP contribution in [0.25, 0.3) is 55.2 Å². The fraction of sp³-hybridized carbons (Fsp3) is 0. The van der Waals surface area contributed by atoms with E-state index in [1.54, 1.807) is 0 Å². The van der Waals surface area contributed by atoms with Crippen molar-refractivity contribution in [1.29, 1.82) is 0 Å². The molecule has 0 bridgehead atoms. The standard InChI is InChI=1S/C30H21N/c1-4-12-21(13-5-1)25-20-26(22-14-6-2-7-15-22)29-24-18-10-11-19-27(24)31-30(29)28(25)23-16-8-3-9-17-23/h1-20,31H. The Morgan fingerprint density at radius 2 is 0.968 bits per heavy atom. The summed E-state index contributed by atoms with van der Waals surface area (Å²) in [6, 6.07) is 43.1. The van der Waals surface area contributed by atoms with E-state index in [9.17, 15) is 0 Å². The lowest BCUT2D eigenvalue weighted by molar-refractivity contribution is 1.52. The second-order valence-corrected chi connectivity index (χ2v) is 7.87. The van der Waals surface area contributed by atoms with E-state index in [2.05, 4.69) is 126 Å². The van der Waals surface area contributed by atoms with Crippen LogP contribution in [-0.2, 0) is 0 Å². The Kier molecular flexibility index (Phi) is 4.18. The summed E-state index contributed by atoms with van der Waals surface area (Å²) in [7, 11) is 0. The number of nitrogens with one attached hydrogen (secondary N) is 1. The van der Waals surface area contributed by atoms with Crippen LogP contribution >= 0.6 is 0 Å². The Morgan fingerprint density at radius 3 is 1.61 bits per heavy atom. The molecule has 0 spiro atoms. The highest BCUT2D eigenvalue weighted by atomic mass is 14.7. The predicted molar refractivity (Wildman–Crippen MR) is 132 cm³/mol. The summed E-state index contributed by atoms with van der Waals surface area (Å²) in [5, 5.41) is 2.54. The third kappa shape index (κ3) is 2.94. The van der Waals surface area contributed by atoms with Crippen molar-refractivity contribution in [2.45, 2.75) is 0 Å². The van der Waals surface area contributed by atoms with Gasteiger partial charge in [-0.15, -0.1) is 0 Å². The molecule has 0 saturated heterocycles. The normalized spacial score (nSPS) is 11.2. The highest BCUT2D eigenvalue weighted by molar-refractivity contribution is 6.20. The molecule has 0 unspecified atom stereocenters. The van der Waals surface area contributed by atoms with Gasteiger partial charge in [0, 0.05) is 21.9 Å². The molecule has 0 saturated carbocycles. The number of hydrogen-bond acceptors (Lipinski definition) is 0. The maximum Gasteiger partial charge on any atom is 0.0557 e. The van der Waals surface area contributed by atoms with Gasteiger partial charge in [-0.05, 0) is 39.9 Å². The number of para-hydroxylation sites is 1. The fourth-order valence-electron chi connectivity index (χ4n) is 4.63. The molecule has 0 aliphatic rings. The van der Waals surface area contributed by atoms with Gasteiger partial charge in [0.15, 0.2) is 0 Å². The van der Waals surface area contributed by atoms with Crippen molar-refractivity contribution in [3.8, 4) is 33.4 Å². The van der Waals surface area contributed by atoms with E-state index in [0.29, 0.717) is 0 Å². The molecule has 6 aromatic rings. The summed E-state index contributed by atoms with van der Waals surface area (Å²) >= 11 is 0. The van der Waals surface area contributed by atoms with Crippen molar-refractivity contribution in [2.75, 3.05) is 0 Å². The molecule has 0 amide bonds. The van der Waals surface area contributed by atoms with Gasteiger partial charge >= 0.3 is 0 Å². The van der Waals surface area contributed by atoms with E-state index in [-0.39, 0.29) is 0 Å². The van der Waals surface area contributed by atoms with E-state index in [4.69, 9.17) is 0 Å². The number of H-pyrrole nitrogens is 1. The minimum absolute atomic E-state index is 1.16. The predicted octanol–water partition coefficient (Wildman–Crippen LogP) is 8.32. The number of aromatic nitrogens is 1. The zero-order chi connectivity index (χ0) is 20.6. The zero-order valence-electron chi connectivity index (χ0n) is 17.0. The van der Waals surface area contributed by atoms with Gasteiger partial charge in [0.2, 0.25) is 0 Å². The number of aromatic amines is 1. The van der Waals surface area contributed by atoms with Gasteiger partial charge in [0.1, 0.15) is 0 Å². The first-order valence-electron chi connectivity index (χ1n) is 10.6. The molecule has 1 nitrogen and oxygen atoms in total. The number of rotatable bonds is 3. The average Bonchev–Trinajstić information content (AvgIpc) is 3.24. The Hall–Kier alpha value is -4.10. The molecule has 0 aliphatic carbocycles. The highest BCUT2D eigenvalue weighted by Crippen LogP contribution is 2.45. The highest BCUT2D eigenvalue weighted by Gasteiger charge is 2.19. The molecule has 1 N–H and O–H groups in total. The quantitative estimate of drug-likeness (QED) is 0.310. The minimum Gasteiger partial charge on any atom is -0.354 e. The van der Waals surface area contributed by atoms with Crippen LogP contribution in [0, 0.1) is 0 Å². The number of hydrogen-bond donors (Lipinski definition) is 1. The van der Waals surface area contributed by atoms with Gasteiger partial charge in [-0.2, -0.15) is 0 Å². The number of fused-ring (bicyclic) bond motifs is 3. The Labute approximate surface area is 181 Å². The first-order chi connectivity index (χ1) is 15.4. The summed E-state index contributed by atoms with van der Waals surface area (Å²) in [4.78, 5) is 3.77. The SMILES string of the molecule is c1ccc(-c2cc(-c3ccccc3)c3c([nH]c4ccccc43)c2-c2ccccc2)cc1. The summed E-state index contributed by atoms with van der Waals surface area (Å²) < 4.78 is 0. The minimum atomic E-state index is 1.16. The molecule has 0 fully saturated rings. The average molecular weight is 396 g/mol. The second kappa shape index (κ2) is 7.30. The molecule has 1 heteroatoms. The summed E-state index contributed by atoms with van der Waals surface area (Å²) in [6.07, 6.45) is 0. The largest absolute Gasteiger partial charge is 0.354 e. The van der Waals surface area contributed by atoms with Crippen molar-refractivity contribution in [1.82, 2.24) is 4.98 Å². The Morgan fingerprint density at radius 1 is 0.452 bits per heavy atom. The molecule has 146 valence electrons. The van der Waals surface area contributed by atoms with Crippen LogP contribution < -0.4 is 0 Å². The van der Waals surface area contributed by atoms with Gasteiger partial charge in [0.05, 0.1) is 5.52 Å². The van der Waals surface area contributed by atoms with E-state index in [0.717, 1.165) is 5.52 Å². The maximum absolute atomic E-state index is 3.77. The van der Waals surface area contributed by atoms with Gasteiger partial charge in [0.25, 0.3) is 0 Å². The van der Waals surface area contributed by atoms with Crippen LogP contribution in [0.3, 0.4) is 0 Å². The molecule has 1 aromatic heterocycles. The van der Waals surface area contributed by atoms with Crippen molar-refractivity contribution in [3.05, 3.63) is 121 Å². The molecule has 5 aromatic carbocycles. The molecule has 0 atom stereocenters. The van der Waals surface area contributed by atoms with Crippen molar-refractivity contribution in [2.24, 2.45) is 0 Å². The first-order valence-corrected chi connectivity index (χ1v) is 10.6. The van der Waals surface area contributed by atoms with Gasteiger partial charge in [-0.25, -0.2) is 0 Å². The monoisotopic (exact) mass is 395 g/mol. The van der Waals surface area contributed by atoms with Crippen LogP contribution in [0.2, 0.25) is 0 Å². The molecule has 6 rings (SSSR count). The molecular formula is C30H21N.